The molecular weight excluding hydrogens is 395 g/mol. The van der Waals surface area contributed by atoms with E-state index in [4.69, 9.17) is 11.6 Å². The quantitative estimate of drug-likeness (QED) is 0.756. The lowest BCUT2D eigenvalue weighted by Gasteiger charge is -2.23. The van der Waals surface area contributed by atoms with E-state index < -0.39 is 5.92 Å². The molecule has 1 atom stereocenters. The number of imide groups is 1. The fraction of sp³-hybridized carbons (Fsp3) is 0.227. The van der Waals surface area contributed by atoms with Crippen LogP contribution in [-0.4, -0.2) is 17.7 Å². The van der Waals surface area contributed by atoms with E-state index in [0.717, 1.165) is 11.1 Å². The molecule has 148 valence electrons. The number of hydrogen-bond acceptors (Lipinski definition) is 3. The van der Waals surface area contributed by atoms with Gasteiger partial charge in [-0.3, -0.25) is 24.6 Å². The average molecular weight is 413 g/mol. The van der Waals surface area contributed by atoms with Crippen LogP contribution in [0.25, 0.3) is 11.1 Å². The standard InChI is InChI=1S/C22H18ClFN2O3/c23-21-16(2-1-3-17(21)18-9-10-19(27)25-22(18)29)13-4-7-15(8-5-13)26-12-14(24)6-11-20(26)28/h1-5,7-8,12,18H,6,9-11H2,(H,25,27,29). The first-order chi connectivity index (χ1) is 13.9. The fourth-order valence-corrected chi connectivity index (χ4v) is 4.04. The first-order valence-electron chi connectivity index (χ1n) is 9.35. The van der Waals surface area contributed by atoms with Crippen LogP contribution in [0.2, 0.25) is 5.02 Å². The normalized spacial score (nSPS) is 19.8. The van der Waals surface area contributed by atoms with Gasteiger partial charge in [-0.2, -0.15) is 0 Å². The number of nitrogens with one attached hydrogen (secondary N) is 1. The summed E-state index contributed by atoms with van der Waals surface area (Å²) in [5, 5.41) is 2.81. The number of piperidine rings is 1. The Balaban J connectivity index is 1.64. The zero-order valence-corrected chi connectivity index (χ0v) is 16.2. The SMILES string of the molecule is O=C1CCC(c2cccc(-c3ccc(N4C=C(F)CCC4=O)cc3)c2Cl)C(=O)N1. The van der Waals surface area contributed by atoms with Gasteiger partial charge in [0.05, 0.1) is 10.9 Å². The van der Waals surface area contributed by atoms with Gasteiger partial charge >= 0.3 is 0 Å². The van der Waals surface area contributed by atoms with Crippen LogP contribution < -0.4 is 10.2 Å². The molecule has 1 saturated heterocycles. The molecule has 1 unspecified atom stereocenters. The van der Waals surface area contributed by atoms with E-state index in [1.807, 2.05) is 12.1 Å². The van der Waals surface area contributed by atoms with Crippen molar-refractivity contribution < 1.29 is 18.8 Å². The number of carbonyl (C=O) groups is 3. The maximum Gasteiger partial charge on any atom is 0.234 e. The summed E-state index contributed by atoms with van der Waals surface area (Å²) < 4.78 is 13.6. The third kappa shape index (κ3) is 3.80. The Bertz CT molecular complexity index is 1030. The van der Waals surface area contributed by atoms with Crippen LogP contribution in [0.1, 0.15) is 37.2 Å². The summed E-state index contributed by atoms with van der Waals surface area (Å²) in [7, 11) is 0. The Kier molecular flexibility index (Phi) is 5.20. The average Bonchev–Trinajstić information content (AvgIpc) is 2.71. The maximum absolute atomic E-state index is 13.6. The Hall–Kier alpha value is -2.99. The predicted molar refractivity (Wildman–Crippen MR) is 108 cm³/mol. The molecule has 1 N–H and O–H groups in total. The minimum atomic E-state index is -0.474. The number of rotatable bonds is 3. The van der Waals surface area contributed by atoms with Crippen LogP contribution in [0.3, 0.4) is 0 Å². The van der Waals surface area contributed by atoms with E-state index >= 15 is 0 Å². The van der Waals surface area contributed by atoms with Gasteiger partial charge in [-0.25, -0.2) is 4.39 Å². The van der Waals surface area contributed by atoms with Crippen molar-refractivity contribution in [3.63, 3.8) is 0 Å². The van der Waals surface area contributed by atoms with Crippen LogP contribution in [-0.2, 0) is 14.4 Å². The monoisotopic (exact) mass is 412 g/mol. The summed E-state index contributed by atoms with van der Waals surface area (Å²) in [6.45, 7) is 0. The van der Waals surface area contributed by atoms with Crippen molar-refractivity contribution in [3.8, 4) is 11.1 Å². The largest absolute Gasteiger partial charge is 0.296 e. The highest BCUT2D eigenvalue weighted by Crippen LogP contribution is 2.37. The van der Waals surface area contributed by atoms with Gasteiger partial charge in [0, 0.05) is 36.7 Å². The Morgan fingerprint density at radius 2 is 1.76 bits per heavy atom. The second kappa shape index (κ2) is 7.79. The molecule has 0 bridgehead atoms. The Morgan fingerprint density at radius 1 is 1.00 bits per heavy atom. The van der Waals surface area contributed by atoms with E-state index in [1.165, 1.54) is 11.1 Å². The second-order valence-electron chi connectivity index (χ2n) is 7.10. The first-order valence-corrected chi connectivity index (χ1v) is 9.72. The summed E-state index contributed by atoms with van der Waals surface area (Å²) >= 11 is 6.62. The van der Waals surface area contributed by atoms with E-state index in [0.29, 0.717) is 22.7 Å². The number of halogens is 2. The summed E-state index contributed by atoms with van der Waals surface area (Å²) in [5.41, 5.74) is 2.80. The van der Waals surface area contributed by atoms with Crippen LogP contribution in [0.5, 0.6) is 0 Å². The van der Waals surface area contributed by atoms with Gasteiger partial charge in [0.1, 0.15) is 5.83 Å². The number of anilines is 1. The zero-order chi connectivity index (χ0) is 20.5. The minimum absolute atomic E-state index is 0.135. The molecule has 7 heteroatoms. The zero-order valence-electron chi connectivity index (χ0n) is 15.5. The lowest BCUT2D eigenvalue weighted by Crippen LogP contribution is -2.39. The molecule has 3 amide bonds. The van der Waals surface area contributed by atoms with Crippen LogP contribution >= 0.6 is 11.6 Å². The van der Waals surface area contributed by atoms with Crippen LogP contribution in [0.15, 0.2) is 54.5 Å². The predicted octanol–water partition coefficient (Wildman–Crippen LogP) is 4.46. The van der Waals surface area contributed by atoms with E-state index in [2.05, 4.69) is 5.32 Å². The third-order valence-electron chi connectivity index (χ3n) is 5.22. The van der Waals surface area contributed by atoms with E-state index in [9.17, 15) is 18.8 Å². The first kappa shape index (κ1) is 19.3. The number of allylic oxidation sites excluding steroid dienone is 1. The highest BCUT2D eigenvalue weighted by atomic mass is 35.5. The number of nitrogens with zero attached hydrogens (tertiary/aromatic N) is 1. The summed E-state index contributed by atoms with van der Waals surface area (Å²) in [6, 6.07) is 12.5. The van der Waals surface area contributed by atoms with E-state index in [-0.39, 0.29) is 42.8 Å². The second-order valence-corrected chi connectivity index (χ2v) is 7.48. The summed E-state index contributed by atoms with van der Waals surface area (Å²) in [4.78, 5) is 37.0. The number of carbonyl (C=O) groups excluding carboxylic acids is 3. The summed E-state index contributed by atoms with van der Waals surface area (Å²) in [6.07, 6.45) is 2.19. The van der Waals surface area contributed by atoms with Gasteiger partial charge in [0.2, 0.25) is 17.7 Å². The highest BCUT2D eigenvalue weighted by molar-refractivity contribution is 6.34. The van der Waals surface area contributed by atoms with Crippen molar-refractivity contribution in [2.45, 2.75) is 31.6 Å². The fourth-order valence-electron chi connectivity index (χ4n) is 3.68. The van der Waals surface area contributed by atoms with Crippen LogP contribution in [0.4, 0.5) is 10.1 Å². The highest BCUT2D eigenvalue weighted by Gasteiger charge is 2.30. The smallest absolute Gasteiger partial charge is 0.234 e. The molecule has 2 aromatic rings. The van der Waals surface area contributed by atoms with Crippen molar-refractivity contribution in [2.24, 2.45) is 0 Å². The van der Waals surface area contributed by atoms with E-state index in [1.54, 1.807) is 30.3 Å². The van der Waals surface area contributed by atoms with Crippen LogP contribution in [0, 0.1) is 0 Å². The molecule has 2 aromatic carbocycles. The molecular formula is C22H18ClFN2O3. The lowest BCUT2D eigenvalue weighted by atomic mass is 9.88. The maximum atomic E-state index is 13.6. The molecule has 2 aliphatic heterocycles. The van der Waals surface area contributed by atoms with Crippen molar-refractivity contribution in [1.29, 1.82) is 0 Å². The Labute approximate surface area is 172 Å². The summed E-state index contributed by atoms with van der Waals surface area (Å²) in [5.74, 6) is -1.57. The van der Waals surface area contributed by atoms with Crippen molar-refractivity contribution in [2.75, 3.05) is 4.90 Å². The number of amides is 3. The molecule has 0 aliphatic carbocycles. The molecule has 0 saturated carbocycles. The molecule has 2 heterocycles. The van der Waals surface area contributed by atoms with Gasteiger partial charge in [-0.15, -0.1) is 0 Å². The van der Waals surface area contributed by atoms with Gasteiger partial charge in [-0.1, -0.05) is 41.9 Å². The van der Waals surface area contributed by atoms with Gasteiger partial charge in [0.25, 0.3) is 0 Å². The molecule has 29 heavy (non-hydrogen) atoms. The van der Waals surface area contributed by atoms with Gasteiger partial charge in [-0.05, 0) is 29.7 Å². The number of hydrogen-bond donors (Lipinski definition) is 1. The molecule has 1 fully saturated rings. The third-order valence-corrected chi connectivity index (χ3v) is 5.64. The molecule has 2 aliphatic rings. The molecule has 0 aromatic heterocycles. The topological polar surface area (TPSA) is 66.5 Å². The number of benzene rings is 2. The molecule has 4 rings (SSSR count). The molecule has 0 radical (unpaired) electrons. The van der Waals surface area contributed by atoms with Gasteiger partial charge < -0.3 is 0 Å². The lowest BCUT2D eigenvalue weighted by molar-refractivity contribution is -0.134. The molecule has 5 nitrogen and oxygen atoms in total. The van der Waals surface area contributed by atoms with Crippen molar-refractivity contribution >= 4 is 35.0 Å². The molecule has 0 spiro atoms. The van der Waals surface area contributed by atoms with Crippen molar-refractivity contribution in [1.82, 2.24) is 5.32 Å². The van der Waals surface area contributed by atoms with Crippen molar-refractivity contribution in [3.05, 3.63) is 65.1 Å². The van der Waals surface area contributed by atoms with Gasteiger partial charge in [0.15, 0.2) is 0 Å². The minimum Gasteiger partial charge on any atom is -0.296 e. The Morgan fingerprint density at radius 3 is 2.48 bits per heavy atom.